The van der Waals surface area contributed by atoms with Crippen LogP contribution in [0.4, 0.5) is 5.00 Å². The highest BCUT2D eigenvalue weighted by Crippen LogP contribution is 2.34. The van der Waals surface area contributed by atoms with E-state index >= 15 is 0 Å². The van der Waals surface area contributed by atoms with E-state index < -0.39 is 12.1 Å². The molecule has 0 saturated heterocycles. The minimum atomic E-state index is -1.47. The molecule has 1 aromatic heterocycles. The largest absolute Gasteiger partial charge is 0.479 e. The van der Waals surface area contributed by atoms with Crippen LogP contribution in [0.25, 0.3) is 0 Å². The average molecular weight is 352 g/mol. The van der Waals surface area contributed by atoms with E-state index in [-0.39, 0.29) is 5.78 Å². The van der Waals surface area contributed by atoms with Crippen molar-refractivity contribution >= 4 is 39.7 Å². The molecule has 0 amide bonds. The van der Waals surface area contributed by atoms with E-state index in [1.807, 2.05) is 6.92 Å². The number of aliphatic carboxylic acids is 1. The van der Waals surface area contributed by atoms with Crippen LogP contribution in [0.1, 0.15) is 27.7 Å². The fourth-order valence-corrected chi connectivity index (χ4v) is 2.94. The average Bonchev–Trinajstić information content (AvgIpc) is 2.95. The summed E-state index contributed by atoms with van der Waals surface area (Å²) in [6.45, 7) is 1.94. The molecule has 1 unspecified atom stereocenters. The number of nitrogens with two attached hydrogens (primary N) is 1. The topological polar surface area (TPSA) is 105 Å². The number of hydrogen-bond acceptors (Lipinski definition) is 6. The van der Waals surface area contributed by atoms with Crippen LogP contribution in [0.5, 0.6) is 0 Å². The van der Waals surface area contributed by atoms with Gasteiger partial charge in [0.25, 0.3) is 0 Å². The van der Waals surface area contributed by atoms with Crippen LogP contribution in [-0.4, -0.2) is 23.0 Å². The van der Waals surface area contributed by atoms with Gasteiger partial charge in [-0.15, -0.1) is 16.5 Å². The van der Waals surface area contributed by atoms with Gasteiger partial charge in [0.15, 0.2) is 5.78 Å². The highest BCUT2D eigenvalue weighted by atomic mass is 35.5. The fraction of sp³-hybridized carbons (Fsp3) is 0.200. The summed E-state index contributed by atoms with van der Waals surface area (Å²) in [5, 5.41) is 16.8. The van der Waals surface area contributed by atoms with Gasteiger partial charge < -0.3 is 5.11 Å². The number of thiophene rings is 1. The summed E-state index contributed by atoms with van der Waals surface area (Å²) < 4.78 is 0. The fourth-order valence-electron chi connectivity index (χ4n) is 1.80. The first-order valence-corrected chi connectivity index (χ1v) is 7.94. The third-order valence-corrected chi connectivity index (χ3v) is 4.49. The number of hydrogen-bond donors (Lipinski definition) is 2. The van der Waals surface area contributed by atoms with Crippen molar-refractivity contribution in [2.75, 3.05) is 0 Å². The number of rotatable bonds is 6. The molecule has 1 heterocycles. The smallest absolute Gasteiger partial charge is 0.345 e. The Morgan fingerprint density at radius 3 is 2.65 bits per heavy atom. The van der Waals surface area contributed by atoms with Crippen molar-refractivity contribution in [3.63, 3.8) is 0 Å². The van der Waals surface area contributed by atoms with Crippen molar-refractivity contribution < 1.29 is 14.7 Å². The van der Waals surface area contributed by atoms with Crippen molar-refractivity contribution in [3.8, 4) is 0 Å². The first-order valence-electron chi connectivity index (χ1n) is 6.75. The number of halogens is 1. The highest BCUT2D eigenvalue weighted by molar-refractivity contribution is 7.16. The number of ketones is 1. The lowest BCUT2D eigenvalue weighted by atomic mass is 10.0. The lowest BCUT2D eigenvalue weighted by molar-refractivity contribution is -0.138. The van der Waals surface area contributed by atoms with Crippen molar-refractivity contribution in [2.45, 2.75) is 19.5 Å². The quantitative estimate of drug-likeness (QED) is 0.612. The zero-order chi connectivity index (χ0) is 17.0. The first-order chi connectivity index (χ1) is 10.9. The maximum Gasteiger partial charge on any atom is 0.345 e. The molecule has 0 aliphatic rings. The van der Waals surface area contributed by atoms with Gasteiger partial charge in [-0.25, -0.2) is 4.79 Å². The van der Waals surface area contributed by atoms with E-state index in [9.17, 15) is 9.59 Å². The Kier molecular flexibility index (Phi) is 5.59. The Labute approximate surface area is 141 Å². The van der Waals surface area contributed by atoms with Gasteiger partial charge in [0, 0.05) is 10.4 Å². The van der Waals surface area contributed by atoms with Gasteiger partial charge in [-0.1, -0.05) is 30.7 Å². The molecule has 120 valence electrons. The Morgan fingerprint density at radius 2 is 2.04 bits per heavy atom. The molecule has 6 nitrogen and oxygen atoms in total. The summed E-state index contributed by atoms with van der Waals surface area (Å²) >= 11 is 7.33. The number of carbonyl (C=O) groups is 2. The lowest BCUT2D eigenvalue weighted by Gasteiger charge is -2.02. The van der Waals surface area contributed by atoms with E-state index in [0.717, 1.165) is 4.88 Å². The zero-order valence-corrected chi connectivity index (χ0v) is 13.8. The van der Waals surface area contributed by atoms with Gasteiger partial charge in [-0.05, 0) is 24.6 Å². The number of carboxylic acid groups (broad SMARTS) is 1. The van der Waals surface area contributed by atoms with Crippen molar-refractivity contribution in [3.05, 3.63) is 51.4 Å². The second-order valence-electron chi connectivity index (χ2n) is 4.59. The summed E-state index contributed by atoms with van der Waals surface area (Å²) in [5.41, 5.74) is 5.99. The van der Waals surface area contributed by atoms with Gasteiger partial charge in [-0.3, -0.25) is 10.5 Å². The van der Waals surface area contributed by atoms with E-state index in [0.29, 0.717) is 27.6 Å². The van der Waals surface area contributed by atoms with Crippen LogP contribution in [0.3, 0.4) is 0 Å². The van der Waals surface area contributed by atoms with E-state index in [4.69, 9.17) is 22.4 Å². The summed E-state index contributed by atoms with van der Waals surface area (Å²) in [5.74, 6) is -1.58. The van der Waals surface area contributed by atoms with Gasteiger partial charge >= 0.3 is 5.97 Å². The molecule has 2 aromatic rings. The normalized spacial score (nSPS) is 12.5. The molecule has 8 heteroatoms. The number of azo groups is 1. The molecule has 1 aromatic carbocycles. The maximum absolute atomic E-state index is 12.7. The number of benzene rings is 1. The van der Waals surface area contributed by atoms with E-state index in [2.05, 4.69) is 10.2 Å². The lowest BCUT2D eigenvalue weighted by Crippen LogP contribution is -2.27. The molecular formula is C15H14ClN3O3S. The predicted octanol–water partition coefficient (Wildman–Crippen LogP) is 3.65. The minimum Gasteiger partial charge on any atom is -0.479 e. The van der Waals surface area contributed by atoms with Crippen LogP contribution in [0.2, 0.25) is 5.02 Å². The zero-order valence-electron chi connectivity index (χ0n) is 12.2. The molecule has 23 heavy (non-hydrogen) atoms. The highest BCUT2D eigenvalue weighted by Gasteiger charge is 2.20. The monoisotopic (exact) mass is 351 g/mol. The van der Waals surface area contributed by atoms with Crippen molar-refractivity contribution in [2.24, 2.45) is 16.0 Å². The molecule has 0 aliphatic carbocycles. The molecular weight excluding hydrogens is 338 g/mol. The summed E-state index contributed by atoms with van der Waals surface area (Å²) in [4.78, 5) is 24.3. The summed E-state index contributed by atoms with van der Waals surface area (Å²) in [7, 11) is 0. The Balaban J connectivity index is 2.42. The molecule has 0 radical (unpaired) electrons. The Hall–Kier alpha value is -2.09. The van der Waals surface area contributed by atoms with Crippen molar-refractivity contribution in [1.82, 2.24) is 0 Å². The third-order valence-electron chi connectivity index (χ3n) is 3.00. The third kappa shape index (κ3) is 4.01. The second kappa shape index (κ2) is 7.45. The van der Waals surface area contributed by atoms with Gasteiger partial charge in [0.05, 0.1) is 10.6 Å². The number of nitrogens with zero attached hydrogens (tertiary/aromatic N) is 2. The molecule has 0 aliphatic heterocycles. The number of carbonyl (C=O) groups excluding carboxylic acids is 1. The predicted molar refractivity (Wildman–Crippen MR) is 88.7 cm³/mol. The van der Waals surface area contributed by atoms with Gasteiger partial charge in [0.2, 0.25) is 6.17 Å². The molecule has 1 atom stereocenters. The van der Waals surface area contributed by atoms with Crippen LogP contribution >= 0.6 is 22.9 Å². The van der Waals surface area contributed by atoms with E-state index in [1.165, 1.54) is 11.3 Å². The van der Waals surface area contributed by atoms with E-state index in [1.54, 1.807) is 30.3 Å². The van der Waals surface area contributed by atoms with Crippen LogP contribution in [0, 0.1) is 0 Å². The summed E-state index contributed by atoms with van der Waals surface area (Å²) in [6, 6.07) is 8.42. The number of carboxylic acids is 1. The molecule has 0 saturated carbocycles. The number of aryl methyl sites for hydroxylation is 1. The maximum atomic E-state index is 12.7. The summed E-state index contributed by atoms with van der Waals surface area (Å²) in [6.07, 6.45) is -0.751. The van der Waals surface area contributed by atoms with Gasteiger partial charge in [-0.2, -0.15) is 5.11 Å². The molecule has 3 N–H and O–H groups in total. The standard InChI is InChI=1S/C15H14ClN3O3S/c1-2-8-7-10(12(20)9-5-3-4-6-11(9)16)14(23-8)19-18-13(17)15(21)22/h3-7,13H,2,17H2,1H3,(H,21,22)/b19-18+. The van der Waals surface area contributed by atoms with Gasteiger partial charge in [0.1, 0.15) is 5.00 Å². The van der Waals surface area contributed by atoms with Crippen LogP contribution in [0.15, 0.2) is 40.6 Å². The SMILES string of the molecule is CCc1cc(C(=O)c2ccccc2Cl)c(/N=N/C(N)C(=O)O)s1. The van der Waals surface area contributed by atoms with Crippen molar-refractivity contribution in [1.29, 1.82) is 0 Å². The molecule has 2 rings (SSSR count). The molecule has 0 bridgehead atoms. The van der Waals surface area contributed by atoms with Crippen LogP contribution < -0.4 is 5.73 Å². The second-order valence-corrected chi connectivity index (χ2v) is 6.12. The Bertz CT molecular complexity index is 773. The molecule has 0 fully saturated rings. The minimum absolute atomic E-state index is 0.288. The molecule has 0 spiro atoms. The van der Waals surface area contributed by atoms with Crippen LogP contribution in [-0.2, 0) is 11.2 Å². The Morgan fingerprint density at radius 1 is 1.35 bits per heavy atom. The first kappa shape index (κ1) is 17.3.